The number of urea groups is 1. The number of rotatable bonds is 8. The Morgan fingerprint density at radius 3 is 1.25 bits per heavy atom. The van der Waals surface area contributed by atoms with E-state index in [1.165, 1.54) is 0 Å². The van der Waals surface area contributed by atoms with Crippen LogP contribution in [-0.2, 0) is 0 Å². The number of alkyl halides is 6. The molecule has 0 spiro atoms. The lowest BCUT2D eigenvalue weighted by Crippen LogP contribution is -2.57. The first kappa shape index (κ1) is 26.9. The largest absolute Gasteiger partial charge is 0.497 e. The molecule has 0 radical (unpaired) electrons. The molecule has 2 aromatic rings. The van der Waals surface area contributed by atoms with Gasteiger partial charge in [0.05, 0.1) is 14.2 Å². The van der Waals surface area contributed by atoms with Crippen molar-refractivity contribution >= 4 is 87.0 Å². The molecule has 2 amide bonds. The molecule has 0 aliphatic rings. The molecule has 0 heterocycles. The van der Waals surface area contributed by atoms with E-state index in [0.717, 1.165) is 0 Å². The van der Waals surface area contributed by atoms with E-state index in [0.29, 0.717) is 22.9 Å². The Balaban J connectivity index is 2.09. The van der Waals surface area contributed by atoms with Gasteiger partial charge in [0.1, 0.15) is 23.8 Å². The molecular formula is C19H20Cl6N4O3. The second kappa shape index (κ2) is 11.7. The smallest absolute Gasteiger partial charge is 0.318 e. The van der Waals surface area contributed by atoms with Crippen LogP contribution in [0.5, 0.6) is 11.5 Å². The van der Waals surface area contributed by atoms with Crippen LogP contribution < -0.4 is 30.7 Å². The van der Waals surface area contributed by atoms with Gasteiger partial charge in [-0.2, -0.15) is 0 Å². The molecule has 13 heteroatoms. The highest BCUT2D eigenvalue weighted by molar-refractivity contribution is 6.68. The fraction of sp³-hybridized carbons (Fsp3) is 0.316. The van der Waals surface area contributed by atoms with E-state index in [1.54, 1.807) is 62.8 Å². The lowest BCUT2D eigenvalue weighted by atomic mass is 10.3. The molecule has 4 N–H and O–H groups in total. The Hall–Kier alpha value is -1.35. The fourth-order valence-corrected chi connectivity index (χ4v) is 3.07. The van der Waals surface area contributed by atoms with Gasteiger partial charge in [0.25, 0.3) is 0 Å². The van der Waals surface area contributed by atoms with Crippen molar-refractivity contribution in [2.24, 2.45) is 0 Å². The lowest BCUT2D eigenvalue weighted by Gasteiger charge is -2.31. The summed E-state index contributed by atoms with van der Waals surface area (Å²) >= 11 is 36.2. The highest BCUT2D eigenvalue weighted by Crippen LogP contribution is 2.33. The molecule has 176 valence electrons. The number of hydrogen-bond donors (Lipinski definition) is 4. The molecule has 7 nitrogen and oxygen atoms in total. The number of benzene rings is 2. The molecule has 0 saturated carbocycles. The van der Waals surface area contributed by atoms with Crippen molar-refractivity contribution in [3.8, 4) is 11.5 Å². The van der Waals surface area contributed by atoms with Crippen LogP contribution in [0.4, 0.5) is 16.2 Å². The summed E-state index contributed by atoms with van der Waals surface area (Å²) in [6, 6.07) is 12.8. The highest BCUT2D eigenvalue weighted by Gasteiger charge is 2.37. The second-order valence-electron chi connectivity index (χ2n) is 6.31. The van der Waals surface area contributed by atoms with Gasteiger partial charge in [-0.05, 0) is 48.5 Å². The fourth-order valence-electron chi connectivity index (χ4n) is 2.41. The SMILES string of the molecule is COc1ccc(N[C@@H](NC(=O)N[C@H](Nc2ccc(OC)cc2)C(Cl)(Cl)Cl)C(Cl)(Cl)Cl)cc1. The summed E-state index contributed by atoms with van der Waals surface area (Å²) in [5.74, 6) is 1.28. The molecule has 0 aliphatic carbocycles. The van der Waals surface area contributed by atoms with Crippen molar-refractivity contribution in [3.63, 3.8) is 0 Å². The Labute approximate surface area is 215 Å². The Morgan fingerprint density at radius 2 is 1.00 bits per heavy atom. The molecule has 32 heavy (non-hydrogen) atoms. The van der Waals surface area contributed by atoms with Gasteiger partial charge < -0.3 is 30.7 Å². The van der Waals surface area contributed by atoms with Crippen LogP contribution in [-0.4, -0.2) is 40.2 Å². The van der Waals surface area contributed by atoms with E-state index < -0.39 is 25.9 Å². The van der Waals surface area contributed by atoms with Gasteiger partial charge in [-0.1, -0.05) is 69.6 Å². The topological polar surface area (TPSA) is 83.7 Å². The Kier molecular flexibility index (Phi) is 9.82. The maximum absolute atomic E-state index is 12.6. The van der Waals surface area contributed by atoms with Crippen LogP contribution in [0.3, 0.4) is 0 Å². The Morgan fingerprint density at radius 1 is 0.688 bits per heavy atom. The van der Waals surface area contributed by atoms with Gasteiger partial charge in [0.15, 0.2) is 0 Å². The first-order valence-corrected chi connectivity index (χ1v) is 11.2. The van der Waals surface area contributed by atoms with Crippen molar-refractivity contribution in [3.05, 3.63) is 48.5 Å². The number of nitrogens with one attached hydrogen (secondary N) is 4. The van der Waals surface area contributed by atoms with Gasteiger partial charge in [0, 0.05) is 11.4 Å². The number of carbonyl (C=O) groups excluding carboxylic acids is 1. The minimum Gasteiger partial charge on any atom is -0.497 e. The van der Waals surface area contributed by atoms with Crippen molar-refractivity contribution in [1.82, 2.24) is 10.6 Å². The normalized spacial score (nSPS) is 13.5. The number of hydrogen-bond acceptors (Lipinski definition) is 5. The van der Waals surface area contributed by atoms with Crippen LogP contribution in [0.25, 0.3) is 0 Å². The molecule has 0 unspecified atom stereocenters. The number of halogens is 6. The third-order valence-corrected chi connectivity index (χ3v) is 5.32. The number of carbonyl (C=O) groups is 1. The van der Waals surface area contributed by atoms with E-state index in [2.05, 4.69) is 21.3 Å². The molecule has 0 fully saturated rings. The average Bonchev–Trinajstić information content (AvgIpc) is 2.72. The van der Waals surface area contributed by atoms with Crippen LogP contribution in [0.2, 0.25) is 0 Å². The molecule has 0 aromatic heterocycles. The van der Waals surface area contributed by atoms with Crippen LogP contribution in [0.1, 0.15) is 0 Å². The van der Waals surface area contributed by atoms with Gasteiger partial charge in [-0.3, -0.25) is 0 Å². The first-order chi connectivity index (χ1) is 14.9. The molecule has 0 saturated heterocycles. The third-order valence-electron chi connectivity index (χ3n) is 4.01. The molecule has 0 aliphatic heterocycles. The zero-order valence-corrected chi connectivity index (χ0v) is 21.3. The summed E-state index contributed by atoms with van der Waals surface area (Å²) < 4.78 is 6.40. The summed E-state index contributed by atoms with van der Waals surface area (Å²) in [4.78, 5) is 12.6. The first-order valence-electron chi connectivity index (χ1n) is 8.94. The standard InChI is InChI=1S/C19H20Cl6N4O3/c1-31-13-7-3-11(4-8-13)26-15(18(20,21)22)28-17(30)29-16(19(23,24)25)27-12-5-9-14(32-2)10-6-12/h3-10,15-16,26-27H,1-2H3,(H2,28,29,30)/t15-,16-/m0/s1. The van der Waals surface area contributed by atoms with E-state index in [9.17, 15) is 4.79 Å². The molecule has 2 rings (SSSR count). The molecule has 2 atom stereocenters. The highest BCUT2D eigenvalue weighted by atomic mass is 35.6. The maximum atomic E-state index is 12.6. The maximum Gasteiger partial charge on any atom is 0.318 e. The summed E-state index contributed by atoms with van der Waals surface area (Å²) in [6.45, 7) is 0. The zero-order valence-electron chi connectivity index (χ0n) is 16.8. The molecule has 0 bridgehead atoms. The lowest BCUT2D eigenvalue weighted by molar-refractivity contribution is 0.235. The van der Waals surface area contributed by atoms with Crippen molar-refractivity contribution in [1.29, 1.82) is 0 Å². The number of amides is 2. The van der Waals surface area contributed by atoms with Crippen molar-refractivity contribution in [2.75, 3.05) is 24.9 Å². The average molecular weight is 565 g/mol. The van der Waals surface area contributed by atoms with Gasteiger partial charge in [-0.15, -0.1) is 0 Å². The van der Waals surface area contributed by atoms with Gasteiger partial charge in [0.2, 0.25) is 7.59 Å². The minimum absolute atomic E-state index is 0.566. The third kappa shape index (κ3) is 8.54. The summed E-state index contributed by atoms with van der Waals surface area (Å²) in [7, 11) is 3.08. The number of anilines is 2. The number of methoxy groups -OCH3 is 2. The predicted octanol–water partition coefficient (Wildman–Crippen LogP) is 5.92. The molecular weight excluding hydrogens is 545 g/mol. The van der Waals surface area contributed by atoms with E-state index in [-0.39, 0.29) is 0 Å². The van der Waals surface area contributed by atoms with Crippen molar-refractivity contribution < 1.29 is 14.3 Å². The van der Waals surface area contributed by atoms with Crippen molar-refractivity contribution in [2.45, 2.75) is 19.9 Å². The molecule has 2 aromatic carbocycles. The van der Waals surface area contributed by atoms with Gasteiger partial charge >= 0.3 is 6.03 Å². The summed E-state index contributed by atoms with van der Waals surface area (Å²) in [5, 5.41) is 10.9. The quantitative estimate of drug-likeness (QED) is 0.236. The van der Waals surface area contributed by atoms with Crippen LogP contribution in [0.15, 0.2) is 48.5 Å². The van der Waals surface area contributed by atoms with Crippen LogP contribution >= 0.6 is 69.6 Å². The monoisotopic (exact) mass is 562 g/mol. The van der Waals surface area contributed by atoms with E-state index >= 15 is 0 Å². The Bertz CT molecular complexity index is 801. The minimum atomic E-state index is -1.91. The van der Waals surface area contributed by atoms with E-state index in [1.807, 2.05) is 0 Å². The summed E-state index contributed by atoms with van der Waals surface area (Å²) in [6.07, 6.45) is -2.25. The zero-order chi connectivity index (χ0) is 23.9. The number of ether oxygens (including phenoxy) is 2. The second-order valence-corrected chi connectivity index (χ2v) is 11.1. The van der Waals surface area contributed by atoms with Crippen LogP contribution in [0, 0.1) is 0 Å². The summed E-state index contributed by atoms with van der Waals surface area (Å²) in [5.41, 5.74) is 1.13. The predicted molar refractivity (Wildman–Crippen MR) is 133 cm³/mol. The van der Waals surface area contributed by atoms with E-state index in [4.69, 9.17) is 79.1 Å². The van der Waals surface area contributed by atoms with Gasteiger partial charge in [-0.25, -0.2) is 4.79 Å².